The Kier molecular flexibility index (Phi) is 6.94. The van der Waals surface area contributed by atoms with Crippen LogP contribution in [0.15, 0.2) is 0 Å². The molecule has 0 aromatic heterocycles. The summed E-state index contributed by atoms with van der Waals surface area (Å²) in [6.07, 6.45) is 1.66. The molecular formula is C10H26O3Si2. The molecule has 0 aliphatic heterocycles. The molecule has 0 aliphatic carbocycles. The van der Waals surface area contributed by atoms with E-state index in [1.54, 1.807) is 0 Å². The summed E-state index contributed by atoms with van der Waals surface area (Å²) in [6.45, 7) is 9.52. The lowest BCUT2D eigenvalue weighted by Gasteiger charge is -2.25. The second-order valence-corrected chi connectivity index (χ2v) is 16.0. The summed E-state index contributed by atoms with van der Waals surface area (Å²) in [5, 5.41) is 17.8. The van der Waals surface area contributed by atoms with E-state index in [0.29, 0.717) is 0 Å². The third-order valence-electron chi connectivity index (χ3n) is 2.56. The van der Waals surface area contributed by atoms with Gasteiger partial charge in [0.15, 0.2) is 0 Å². The summed E-state index contributed by atoms with van der Waals surface area (Å²) < 4.78 is 5.77. The summed E-state index contributed by atoms with van der Waals surface area (Å²) in [7, 11) is -2.68. The first-order chi connectivity index (χ1) is 6.83. The Balaban J connectivity index is 3.77. The highest BCUT2D eigenvalue weighted by Crippen LogP contribution is 2.12. The first kappa shape index (κ1) is 15.3. The van der Waals surface area contributed by atoms with Gasteiger partial charge in [-0.3, -0.25) is 0 Å². The van der Waals surface area contributed by atoms with Gasteiger partial charge in [-0.25, -0.2) is 0 Å². The second kappa shape index (κ2) is 6.80. The minimum atomic E-state index is -1.34. The summed E-state index contributed by atoms with van der Waals surface area (Å²) in [5.41, 5.74) is 0. The lowest BCUT2D eigenvalue weighted by molar-refractivity contribution is 0.213. The molecule has 3 nitrogen and oxygen atoms in total. The molecule has 0 bridgehead atoms. The molecule has 0 aromatic carbocycles. The smallest absolute Gasteiger partial charge is 0.0798 e. The van der Waals surface area contributed by atoms with Crippen LogP contribution in [0.2, 0.25) is 38.3 Å². The summed E-state index contributed by atoms with van der Waals surface area (Å²) in [5.74, 6) is 0. The van der Waals surface area contributed by atoms with Crippen molar-refractivity contribution in [1.82, 2.24) is 0 Å². The van der Waals surface area contributed by atoms with E-state index in [1.165, 1.54) is 0 Å². The van der Waals surface area contributed by atoms with Crippen LogP contribution in [0.1, 0.15) is 0 Å². The molecule has 5 heteroatoms. The topological polar surface area (TPSA) is 49.7 Å². The van der Waals surface area contributed by atoms with Gasteiger partial charge in [0, 0.05) is 25.7 Å². The van der Waals surface area contributed by atoms with Crippen molar-refractivity contribution in [3.05, 3.63) is 0 Å². The van der Waals surface area contributed by atoms with Gasteiger partial charge in [-0.1, -0.05) is 26.2 Å². The predicted molar refractivity (Wildman–Crippen MR) is 69.6 cm³/mol. The van der Waals surface area contributed by atoms with Gasteiger partial charge in [0.2, 0.25) is 0 Å². The Labute approximate surface area is 95.5 Å². The zero-order valence-corrected chi connectivity index (χ0v) is 12.5. The van der Waals surface area contributed by atoms with E-state index in [2.05, 4.69) is 26.2 Å². The molecule has 15 heavy (non-hydrogen) atoms. The van der Waals surface area contributed by atoms with E-state index in [-0.39, 0.29) is 13.2 Å². The minimum absolute atomic E-state index is 0.278. The zero-order chi connectivity index (χ0) is 11.9. The molecule has 0 atom stereocenters. The Morgan fingerprint density at radius 1 is 0.800 bits per heavy atom. The Bertz CT molecular complexity index is 154. The monoisotopic (exact) mass is 250 g/mol. The molecule has 0 saturated heterocycles. The average molecular weight is 250 g/mol. The molecule has 2 N–H and O–H groups in total. The van der Waals surface area contributed by atoms with Crippen LogP contribution < -0.4 is 0 Å². The van der Waals surface area contributed by atoms with Gasteiger partial charge >= 0.3 is 0 Å². The van der Waals surface area contributed by atoms with Gasteiger partial charge in [-0.05, 0) is 12.1 Å². The zero-order valence-electron chi connectivity index (χ0n) is 10.5. The van der Waals surface area contributed by atoms with Crippen LogP contribution >= 0.6 is 0 Å². The first-order valence-electron chi connectivity index (χ1n) is 5.62. The third kappa shape index (κ3) is 8.16. The van der Waals surface area contributed by atoms with Crippen LogP contribution in [-0.2, 0) is 4.74 Å². The first-order valence-corrected chi connectivity index (χ1v) is 12.5. The molecule has 0 rings (SSSR count). The maximum Gasteiger partial charge on any atom is 0.0798 e. The normalized spacial score (nSPS) is 13.2. The number of rotatable bonds is 8. The maximum absolute atomic E-state index is 8.90. The Hall–Kier alpha value is 0.314. The molecule has 0 amide bonds. The van der Waals surface area contributed by atoms with Gasteiger partial charge < -0.3 is 14.9 Å². The highest BCUT2D eigenvalue weighted by atomic mass is 28.3. The fraction of sp³-hybridized carbons (Fsp3) is 1.00. The summed E-state index contributed by atoms with van der Waals surface area (Å²) >= 11 is 0. The van der Waals surface area contributed by atoms with Crippen molar-refractivity contribution < 1.29 is 14.9 Å². The van der Waals surface area contributed by atoms with Gasteiger partial charge in [0.05, 0.1) is 16.1 Å². The van der Waals surface area contributed by atoms with Crippen LogP contribution in [0, 0.1) is 0 Å². The summed E-state index contributed by atoms with van der Waals surface area (Å²) in [4.78, 5) is 0. The Morgan fingerprint density at radius 3 is 1.40 bits per heavy atom. The summed E-state index contributed by atoms with van der Waals surface area (Å²) in [6, 6.07) is 1.82. The fourth-order valence-corrected chi connectivity index (χ4v) is 4.37. The van der Waals surface area contributed by atoms with Crippen LogP contribution in [0.3, 0.4) is 0 Å². The van der Waals surface area contributed by atoms with E-state index in [9.17, 15) is 0 Å². The van der Waals surface area contributed by atoms with Gasteiger partial charge in [0.1, 0.15) is 0 Å². The standard InChI is InChI=1S/C10H26O3Si2/c1-14(2,7-5-11)9-13-10-15(3,4)8-6-12/h11-12H,5-10H2,1-4H3. The van der Waals surface area contributed by atoms with Gasteiger partial charge in [-0.15, -0.1) is 0 Å². The van der Waals surface area contributed by atoms with Gasteiger partial charge in [-0.2, -0.15) is 0 Å². The molecule has 0 unspecified atom stereocenters. The van der Waals surface area contributed by atoms with E-state index in [1.807, 2.05) is 0 Å². The van der Waals surface area contributed by atoms with Crippen LogP contribution in [0.5, 0.6) is 0 Å². The SMILES string of the molecule is C[Si](C)(CCO)COC[Si](C)(C)CCO. The molecule has 0 fully saturated rings. The molecular weight excluding hydrogens is 224 g/mol. The van der Waals surface area contributed by atoms with Crippen molar-refractivity contribution in [2.45, 2.75) is 38.3 Å². The van der Waals surface area contributed by atoms with Crippen LogP contribution in [0.4, 0.5) is 0 Å². The molecule has 0 spiro atoms. The maximum atomic E-state index is 8.90. The Morgan fingerprint density at radius 2 is 1.13 bits per heavy atom. The molecule has 0 aliphatic rings. The van der Waals surface area contributed by atoms with Crippen molar-refractivity contribution in [1.29, 1.82) is 0 Å². The fourth-order valence-electron chi connectivity index (χ4n) is 1.35. The lowest BCUT2D eigenvalue weighted by Crippen LogP contribution is -2.39. The lowest BCUT2D eigenvalue weighted by atomic mass is 10.9. The number of ether oxygens (including phenoxy) is 1. The highest BCUT2D eigenvalue weighted by molar-refractivity contribution is 6.78. The molecule has 0 saturated carbocycles. The number of aliphatic hydroxyl groups excluding tert-OH is 2. The van der Waals surface area contributed by atoms with Crippen LogP contribution in [-0.4, -0.2) is 52.0 Å². The molecule has 0 aromatic rings. The highest BCUT2D eigenvalue weighted by Gasteiger charge is 2.24. The molecule has 0 heterocycles. The average Bonchev–Trinajstić information content (AvgIpc) is 2.02. The van der Waals surface area contributed by atoms with E-state index >= 15 is 0 Å². The number of hydrogen-bond donors (Lipinski definition) is 2. The number of aliphatic hydroxyl groups is 2. The molecule has 92 valence electrons. The molecule has 0 radical (unpaired) electrons. The predicted octanol–water partition coefficient (Wildman–Crippen LogP) is 1.48. The van der Waals surface area contributed by atoms with E-state index < -0.39 is 16.1 Å². The van der Waals surface area contributed by atoms with E-state index in [4.69, 9.17) is 14.9 Å². The minimum Gasteiger partial charge on any atom is -0.397 e. The van der Waals surface area contributed by atoms with Crippen molar-refractivity contribution >= 4 is 16.1 Å². The van der Waals surface area contributed by atoms with Crippen molar-refractivity contribution in [3.63, 3.8) is 0 Å². The van der Waals surface area contributed by atoms with Crippen LogP contribution in [0.25, 0.3) is 0 Å². The largest absolute Gasteiger partial charge is 0.397 e. The second-order valence-electron chi connectivity index (χ2n) is 5.77. The van der Waals surface area contributed by atoms with Crippen molar-refractivity contribution in [2.24, 2.45) is 0 Å². The van der Waals surface area contributed by atoms with Crippen molar-refractivity contribution in [2.75, 3.05) is 25.7 Å². The quantitative estimate of drug-likeness (QED) is 0.642. The van der Waals surface area contributed by atoms with E-state index in [0.717, 1.165) is 24.5 Å². The van der Waals surface area contributed by atoms with Crippen molar-refractivity contribution in [3.8, 4) is 0 Å². The third-order valence-corrected chi connectivity index (χ3v) is 7.69. The number of hydrogen-bond acceptors (Lipinski definition) is 3. The van der Waals surface area contributed by atoms with Gasteiger partial charge in [0.25, 0.3) is 0 Å².